The summed E-state index contributed by atoms with van der Waals surface area (Å²) in [4.78, 5) is 40.2. The van der Waals surface area contributed by atoms with Gasteiger partial charge in [-0.3, -0.25) is 23.6 Å². The standard InChI is InChI=1S/C24H31N7O4/c1-14(2)12-30-22-18(8-9-19(32)28(4)13-17-10-11-29(5)27-17)15(3)26-31(22)24(35)20(23(30)34)21(33)25-16-6-7-16/h8-11,14,16,34H,6-7,12-13H2,1-5H3,(H,25,33). The van der Waals surface area contributed by atoms with Gasteiger partial charge < -0.3 is 15.3 Å². The molecule has 11 nitrogen and oxygen atoms in total. The average molecular weight is 482 g/mol. The highest BCUT2D eigenvalue weighted by Gasteiger charge is 2.30. The van der Waals surface area contributed by atoms with E-state index in [4.69, 9.17) is 0 Å². The van der Waals surface area contributed by atoms with E-state index in [9.17, 15) is 19.5 Å². The van der Waals surface area contributed by atoms with E-state index in [0.717, 1.165) is 23.1 Å². The fourth-order valence-corrected chi connectivity index (χ4v) is 3.93. The Bertz CT molecular complexity index is 1370. The molecule has 2 amide bonds. The summed E-state index contributed by atoms with van der Waals surface area (Å²) in [6.45, 7) is 6.34. The molecule has 11 heteroatoms. The number of hydrogen-bond donors (Lipinski definition) is 2. The number of aryl methyl sites for hydroxylation is 2. The molecule has 3 aromatic rings. The first-order valence-corrected chi connectivity index (χ1v) is 11.6. The Balaban J connectivity index is 1.73. The van der Waals surface area contributed by atoms with Crippen LogP contribution in [0.4, 0.5) is 0 Å². The predicted octanol–water partition coefficient (Wildman–Crippen LogP) is 1.46. The third-order valence-corrected chi connectivity index (χ3v) is 5.85. The third-order valence-electron chi connectivity index (χ3n) is 5.85. The van der Waals surface area contributed by atoms with Gasteiger partial charge in [-0.15, -0.1) is 0 Å². The molecule has 0 saturated heterocycles. The summed E-state index contributed by atoms with van der Waals surface area (Å²) in [5.41, 5.74) is 1.09. The second kappa shape index (κ2) is 9.40. The van der Waals surface area contributed by atoms with E-state index in [1.807, 2.05) is 33.2 Å². The van der Waals surface area contributed by atoms with E-state index in [2.05, 4.69) is 15.5 Å². The summed E-state index contributed by atoms with van der Waals surface area (Å²) >= 11 is 0. The van der Waals surface area contributed by atoms with E-state index in [0.29, 0.717) is 30.0 Å². The van der Waals surface area contributed by atoms with Crippen LogP contribution in [0.25, 0.3) is 11.7 Å². The van der Waals surface area contributed by atoms with Gasteiger partial charge in [0.05, 0.1) is 17.9 Å². The topological polar surface area (TPSA) is 127 Å². The molecule has 3 aromatic heterocycles. The van der Waals surface area contributed by atoms with Crippen molar-refractivity contribution in [2.45, 2.75) is 52.7 Å². The maximum absolute atomic E-state index is 13.2. The SMILES string of the molecule is Cc1nn2c(=O)c(C(=O)NC3CC3)c(O)n(CC(C)C)c2c1C=CC(=O)N(C)Cc1ccn(C)n1. The first-order valence-electron chi connectivity index (χ1n) is 11.6. The lowest BCUT2D eigenvalue weighted by atomic mass is 10.1. The molecule has 0 bridgehead atoms. The molecule has 3 heterocycles. The number of aromatic nitrogens is 5. The van der Waals surface area contributed by atoms with E-state index >= 15 is 0 Å². The summed E-state index contributed by atoms with van der Waals surface area (Å²) < 4.78 is 4.34. The Kier molecular flexibility index (Phi) is 6.51. The van der Waals surface area contributed by atoms with Crippen LogP contribution in [0.15, 0.2) is 23.1 Å². The van der Waals surface area contributed by atoms with Crippen molar-refractivity contribution < 1.29 is 14.7 Å². The number of nitrogens with one attached hydrogen (secondary N) is 1. The van der Waals surface area contributed by atoms with Gasteiger partial charge >= 0.3 is 0 Å². The first-order chi connectivity index (χ1) is 16.6. The van der Waals surface area contributed by atoms with Crippen molar-refractivity contribution in [2.24, 2.45) is 13.0 Å². The normalized spacial score (nSPS) is 13.8. The Morgan fingerprint density at radius 1 is 1.31 bits per heavy atom. The molecule has 1 aliphatic carbocycles. The van der Waals surface area contributed by atoms with Crippen LogP contribution < -0.4 is 10.9 Å². The van der Waals surface area contributed by atoms with Crippen molar-refractivity contribution in [2.75, 3.05) is 7.05 Å². The molecule has 0 unspecified atom stereocenters. The van der Waals surface area contributed by atoms with Crippen molar-refractivity contribution in [3.8, 4) is 5.88 Å². The number of likely N-dealkylation sites (N-methyl/N-ethyl adjacent to an activating group) is 1. The zero-order chi connectivity index (χ0) is 25.4. The van der Waals surface area contributed by atoms with Crippen LogP contribution in [0.5, 0.6) is 5.88 Å². The average Bonchev–Trinajstić information content (AvgIpc) is 3.40. The maximum atomic E-state index is 13.2. The first kappa shape index (κ1) is 24.2. The highest BCUT2D eigenvalue weighted by molar-refractivity contribution is 5.97. The summed E-state index contributed by atoms with van der Waals surface area (Å²) in [5.74, 6) is -1.16. The van der Waals surface area contributed by atoms with E-state index in [-0.39, 0.29) is 23.4 Å². The minimum atomic E-state index is -0.697. The molecule has 1 fully saturated rings. The van der Waals surface area contributed by atoms with Crippen LogP contribution in [-0.2, 0) is 24.9 Å². The third kappa shape index (κ3) is 4.98. The fourth-order valence-electron chi connectivity index (χ4n) is 3.93. The predicted molar refractivity (Wildman–Crippen MR) is 130 cm³/mol. The molecular weight excluding hydrogens is 450 g/mol. The Morgan fingerprint density at radius 3 is 2.63 bits per heavy atom. The molecule has 2 N–H and O–H groups in total. The fraction of sp³-hybridized carbons (Fsp3) is 0.458. The number of nitrogens with zero attached hydrogens (tertiary/aromatic N) is 6. The van der Waals surface area contributed by atoms with Crippen molar-refractivity contribution >= 4 is 23.5 Å². The molecule has 0 spiro atoms. The number of hydrogen-bond acceptors (Lipinski definition) is 6. The summed E-state index contributed by atoms with van der Waals surface area (Å²) in [5, 5.41) is 22.5. The smallest absolute Gasteiger partial charge is 0.291 e. The van der Waals surface area contributed by atoms with Crippen LogP contribution in [0, 0.1) is 12.8 Å². The van der Waals surface area contributed by atoms with Gasteiger partial charge in [-0.2, -0.15) is 14.7 Å². The van der Waals surface area contributed by atoms with Gasteiger partial charge in [-0.1, -0.05) is 13.8 Å². The van der Waals surface area contributed by atoms with Crippen LogP contribution in [0.1, 0.15) is 54.0 Å². The summed E-state index contributed by atoms with van der Waals surface area (Å²) in [6.07, 6.45) is 6.52. The van der Waals surface area contributed by atoms with Crippen molar-refractivity contribution in [3.05, 3.63) is 51.2 Å². The van der Waals surface area contributed by atoms with E-state index in [1.54, 1.807) is 24.7 Å². The van der Waals surface area contributed by atoms with Gasteiger partial charge in [-0.05, 0) is 37.8 Å². The quantitative estimate of drug-likeness (QED) is 0.469. The van der Waals surface area contributed by atoms with Gasteiger partial charge in [-0.25, -0.2) is 0 Å². The van der Waals surface area contributed by atoms with Crippen molar-refractivity contribution in [1.82, 2.24) is 34.2 Å². The number of amides is 2. The minimum Gasteiger partial charge on any atom is -0.494 e. The van der Waals surface area contributed by atoms with Gasteiger partial charge in [0.1, 0.15) is 5.65 Å². The maximum Gasteiger partial charge on any atom is 0.291 e. The van der Waals surface area contributed by atoms with Gasteiger partial charge in [0.15, 0.2) is 5.56 Å². The van der Waals surface area contributed by atoms with Crippen LogP contribution in [0.2, 0.25) is 0 Å². The molecule has 1 aliphatic rings. The van der Waals surface area contributed by atoms with Crippen molar-refractivity contribution in [1.29, 1.82) is 0 Å². The lowest BCUT2D eigenvalue weighted by Crippen LogP contribution is -2.34. The van der Waals surface area contributed by atoms with Gasteiger partial charge in [0.2, 0.25) is 11.8 Å². The molecule has 0 aliphatic heterocycles. The highest BCUT2D eigenvalue weighted by Crippen LogP contribution is 2.26. The second-order valence-electron chi connectivity index (χ2n) is 9.50. The van der Waals surface area contributed by atoms with Crippen LogP contribution >= 0.6 is 0 Å². The number of fused-ring (bicyclic) bond motifs is 1. The summed E-state index contributed by atoms with van der Waals surface area (Å²) in [6, 6.07) is 1.87. The monoisotopic (exact) mass is 481 g/mol. The Hall–Kier alpha value is -3.89. The zero-order valence-electron chi connectivity index (χ0n) is 20.6. The number of aromatic hydroxyl groups is 1. The van der Waals surface area contributed by atoms with E-state index < -0.39 is 17.3 Å². The zero-order valence-corrected chi connectivity index (χ0v) is 20.6. The Morgan fingerprint density at radius 2 is 2.03 bits per heavy atom. The highest BCUT2D eigenvalue weighted by atomic mass is 16.3. The molecule has 4 rings (SSSR count). The number of carbonyl (C=O) groups is 2. The number of carbonyl (C=O) groups excluding carboxylic acids is 2. The minimum absolute atomic E-state index is 0.0301. The molecule has 35 heavy (non-hydrogen) atoms. The van der Waals surface area contributed by atoms with Gasteiger partial charge in [0.25, 0.3) is 11.5 Å². The molecule has 0 aromatic carbocycles. The summed E-state index contributed by atoms with van der Waals surface area (Å²) in [7, 11) is 3.49. The Labute approximate surface area is 202 Å². The molecular formula is C24H31N7O4. The second-order valence-corrected chi connectivity index (χ2v) is 9.50. The molecule has 1 saturated carbocycles. The van der Waals surface area contributed by atoms with Gasteiger partial charge in [0, 0.05) is 44.5 Å². The molecule has 0 radical (unpaired) electrons. The van der Waals surface area contributed by atoms with E-state index in [1.165, 1.54) is 15.5 Å². The lowest BCUT2D eigenvalue weighted by Gasteiger charge is -2.17. The van der Waals surface area contributed by atoms with Crippen molar-refractivity contribution in [3.63, 3.8) is 0 Å². The van der Waals surface area contributed by atoms with Crippen LogP contribution in [-0.4, -0.2) is 58.9 Å². The number of rotatable bonds is 8. The largest absolute Gasteiger partial charge is 0.494 e. The molecule has 0 atom stereocenters. The lowest BCUT2D eigenvalue weighted by molar-refractivity contribution is -0.125. The molecule has 186 valence electrons. The van der Waals surface area contributed by atoms with Crippen LogP contribution in [0.3, 0.4) is 0 Å².